The molecule has 3 rings (SSSR count). The average molecular weight is 363 g/mol. The third-order valence-corrected chi connectivity index (χ3v) is 4.34. The molecule has 0 aromatic carbocycles. The zero-order chi connectivity index (χ0) is 18.0. The van der Waals surface area contributed by atoms with Crippen LogP contribution >= 0.6 is 11.6 Å². The third-order valence-electron chi connectivity index (χ3n) is 4.04. The van der Waals surface area contributed by atoms with Gasteiger partial charge in [0.25, 0.3) is 5.91 Å². The van der Waals surface area contributed by atoms with Gasteiger partial charge in [0.05, 0.1) is 10.7 Å². The largest absolute Gasteiger partial charge is 0.451 e. The van der Waals surface area contributed by atoms with Crippen molar-refractivity contribution in [2.45, 2.75) is 26.7 Å². The number of amides is 1. The van der Waals surface area contributed by atoms with Crippen LogP contribution in [0, 0.1) is 13.8 Å². The smallest absolute Gasteiger partial charge is 0.359 e. The van der Waals surface area contributed by atoms with Gasteiger partial charge in [0.2, 0.25) is 0 Å². The van der Waals surface area contributed by atoms with Crippen molar-refractivity contribution in [3.63, 3.8) is 0 Å². The molecule has 2 aromatic rings. The molecule has 1 aliphatic heterocycles. The molecule has 1 amide bonds. The molecular formula is C17H19ClN4O3. The Balaban J connectivity index is 1.74. The second-order valence-electron chi connectivity index (χ2n) is 6.00. The van der Waals surface area contributed by atoms with Crippen molar-refractivity contribution in [3.05, 3.63) is 40.3 Å². The van der Waals surface area contributed by atoms with Crippen LogP contribution in [-0.2, 0) is 9.53 Å². The molecule has 0 radical (unpaired) electrons. The molecule has 0 N–H and O–H groups in total. The number of aromatic nitrogens is 3. The fraction of sp³-hybridized carbons (Fsp3) is 0.412. The molecule has 7 nitrogen and oxygen atoms in total. The van der Waals surface area contributed by atoms with Crippen molar-refractivity contribution < 1.29 is 14.3 Å². The van der Waals surface area contributed by atoms with Gasteiger partial charge >= 0.3 is 5.97 Å². The van der Waals surface area contributed by atoms with E-state index in [1.807, 2.05) is 19.9 Å². The van der Waals surface area contributed by atoms with Crippen LogP contribution in [0.25, 0.3) is 5.82 Å². The molecule has 2 aromatic heterocycles. The van der Waals surface area contributed by atoms with Gasteiger partial charge in [-0.1, -0.05) is 11.6 Å². The average Bonchev–Trinajstić information content (AvgIpc) is 3.22. The molecule has 25 heavy (non-hydrogen) atoms. The fourth-order valence-electron chi connectivity index (χ4n) is 2.81. The summed E-state index contributed by atoms with van der Waals surface area (Å²) in [5, 5.41) is 4.51. The quantitative estimate of drug-likeness (QED) is 0.780. The number of rotatable bonds is 4. The Morgan fingerprint density at radius 1 is 1.24 bits per heavy atom. The van der Waals surface area contributed by atoms with Crippen LogP contribution in [0.15, 0.2) is 18.2 Å². The lowest BCUT2D eigenvalue weighted by Crippen LogP contribution is -2.32. The monoisotopic (exact) mass is 362 g/mol. The molecule has 132 valence electrons. The van der Waals surface area contributed by atoms with Crippen LogP contribution in [0.2, 0.25) is 5.02 Å². The number of likely N-dealkylation sites (tertiary alicyclic amines) is 1. The van der Waals surface area contributed by atoms with Gasteiger partial charge in [-0.25, -0.2) is 14.5 Å². The molecule has 0 bridgehead atoms. The standard InChI is InChI=1S/C17H19ClN4O3/c1-11-9-12(2)22(20-11)14-6-5-13(18)16(19-14)17(24)25-10-15(23)21-7-3-4-8-21/h5-6,9H,3-4,7-8,10H2,1-2H3. The Bertz CT molecular complexity index is 812. The lowest BCUT2D eigenvalue weighted by atomic mass is 10.3. The van der Waals surface area contributed by atoms with Crippen molar-refractivity contribution in [1.29, 1.82) is 0 Å². The predicted octanol–water partition coefficient (Wildman–Crippen LogP) is 2.32. The van der Waals surface area contributed by atoms with Crippen LogP contribution in [0.4, 0.5) is 0 Å². The van der Waals surface area contributed by atoms with E-state index >= 15 is 0 Å². The van der Waals surface area contributed by atoms with Gasteiger partial charge in [-0.05, 0) is 44.9 Å². The van der Waals surface area contributed by atoms with Gasteiger partial charge < -0.3 is 9.64 Å². The first-order valence-electron chi connectivity index (χ1n) is 8.11. The lowest BCUT2D eigenvalue weighted by Gasteiger charge is -2.15. The summed E-state index contributed by atoms with van der Waals surface area (Å²) in [6.45, 7) is 4.88. The topological polar surface area (TPSA) is 77.3 Å². The number of pyridine rings is 1. The summed E-state index contributed by atoms with van der Waals surface area (Å²) in [5.74, 6) is -0.453. The molecule has 3 heterocycles. The SMILES string of the molecule is Cc1cc(C)n(-c2ccc(Cl)c(C(=O)OCC(=O)N3CCCC3)n2)n1. The summed E-state index contributed by atoms with van der Waals surface area (Å²) < 4.78 is 6.73. The maximum Gasteiger partial charge on any atom is 0.359 e. The number of aryl methyl sites for hydroxylation is 2. The lowest BCUT2D eigenvalue weighted by molar-refractivity contribution is -0.133. The number of carbonyl (C=O) groups excluding carboxylic acids is 2. The molecule has 8 heteroatoms. The Morgan fingerprint density at radius 3 is 2.60 bits per heavy atom. The van der Waals surface area contributed by atoms with E-state index in [-0.39, 0.29) is 23.2 Å². The van der Waals surface area contributed by atoms with E-state index in [9.17, 15) is 9.59 Å². The van der Waals surface area contributed by atoms with E-state index in [1.54, 1.807) is 21.7 Å². The Hall–Kier alpha value is -2.41. The number of nitrogens with zero attached hydrogens (tertiary/aromatic N) is 4. The first kappa shape index (κ1) is 17.4. The Morgan fingerprint density at radius 2 is 1.96 bits per heavy atom. The highest BCUT2D eigenvalue weighted by atomic mass is 35.5. The van der Waals surface area contributed by atoms with E-state index in [1.165, 1.54) is 0 Å². The molecule has 0 aliphatic carbocycles. The van der Waals surface area contributed by atoms with Crippen molar-refractivity contribution in [3.8, 4) is 5.82 Å². The van der Waals surface area contributed by atoms with Crippen LogP contribution in [0.1, 0.15) is 34.7 Å². The summed E-state index contributed by atoms with van der Waals surface area (Å²) in [6, 6.07) is 5.15. The van der Waals surface area contributed by atoms with Crippen LogP contribution in [0.3, 0.4) is 0 Å². The van der Waals surface area contributed by atoms with E-state index < -0.39 is 5.97 Å². The van der Waals surface area contributed by atoms with Crippen molar-refractivity contribution in [2.75, 3.05) is 19.7 Å². The van der Waals surface area contributed by atoms with Crippen LogP contribution in [-0.4, -0.2) is 51.2 Å². The fourth-order valence-corrected chi connectivity index (χ4v) is 2.99. The zero-order valence-electron chi connectivity index (χ0n) is 14.2. The maximum atomic E-state index is 12.3. The van der Waals surface area contributed by atoms with E-state index in [2.05, 4.69) is 10.1 Å². The van der Waals surface area contributed by atoms with Gasteiger partial charge in [0, 0.05) is 18.8 Å². The summed E-state index contributed by atoms with van der Waals surface area (Å²) in [7, 11) is 0. The number of ether oxygens (including phenoxy) is 1. The predicted molar refractivity (Wildman–Crippen MR) is 91.9 cm³/mol. The van der Waals surface area contributed by atoms with Crippen molar-refractivity contribution in [1.82, 2.24) is 19.7 Å². The van der Waals surface area contributed by atoms with Crippen molar-refractivity contribution >= 4 is 23.5 Å². The van der Waals surface area contributed by atoms with Gasteiger partial charge in [-0.2, -0.15) is 5.10 Å². The summed E-state index contributed by atoms with van der Waals surface area (Å²) >= 11 is 6.08. The molecule has 1 aliphatic rings. The number of esters is 1. The molecule has 0 saturated carbocycles. The first-order chi connectivity index (χ1) is 12.0. The molecule has 1 fully saturated rings. The Labute approximate surface area is 150 Å². The summed E-state index contributed by atoms with van der Waals surface area (Å²) in [6.07, 6.45) is 1.97. The van der Waals surface area contributed by atoms with Gasteiger partial charge in [-0.15, -0.1) is 0 Å². The number of hydrogen-bond acceptors (Lipinski definition) is 5. The van der Waals surface area contributed by atoms with Gasteiger partial charge in [0.1, 0.15) is 0 Å². The summed E-state index contributed by atoms with van der Waals surface area (Å²) in [4.78, 5) is 30.2. The minimum absolute atomic E-state index is 0.0269. The number of carbonyl (C=O) groups is 2. The number of halogens is 1. The maximum absolute atomic E-state index is 12.3. The third kappa shape index (κ3) is 3.82. The minimum Gasteiger partial charge on any atom is -0.451 e. The first-order valence-corrected chi connectivity index (χ1v) is 8.48. The van der Waals surface area contributed by atoms with Crippen molar-refractivity contribution in [2.24, 2.45) is 0 Å². The second-order valence-corrected chi connectivity index (χ2v) is 6.41. The highest BCUT2D eigenvalue weighted by Crippen LogP contribution is 2.19. The molecule has 1 saturated heterocycles. The van der Waals surface area contributed by atoms with Gasteiger partial charge in [0.15, 0.2) is 18.1 Å². The number of hydrogen-bond donors (Lipinski definition) is 0. The van der Waals surface area contributed by atoms with E-state index in [4.69, 9.17) is 16.3 Å². The Kier molecular flexibility index (Phi) is 5.03. The molecule has 0 spiro atoms. The van der Waals surface area contributed by atoms with Crippen LogP contribution < -0.4 is 0 Å². The van der Waals surface area contributed by atoms with Gasteiger partial charge in [-0.3, -0.25) is 4.79 Å². The highest BCUT2D eigenvalue weighted by molar-refractivity contribution is 6.33. The highest BCUT2D eigenvalue weighted by Gasteiger charge is 2.21. The normalized spacial score (nSPS) is 14.0. The molecule has 0 atom stereocenters. The zero-order valence-corrected chi connectivity index (χ0v) is 14.9. The minimum atomic E-state index is -0.721. The molecular weight excluding hydrogens is 344 g/mol. The van der Waals surface area contributed by atoms with Crippen LogP contribution in [0.5, 0.6) is 0 Å². The summed E-state index contributed by atoms with van der Waals surface area (Å²) in [5.41, 5.74) is 1.70. The molecule has 0 unspecified atom stereocenters. The second kappa shape index (κ2) is 7.23. The van der Waals surface area contributed by atoms with E-state index in [0.29, 0.717) is 18.9 Å². The van der Waals surface area contributed by atoms with E-state index in [0.717, 1.165) is 24.2 Å².